The predicted molar refractivity (Wildman–Crippen MR) is 87.2 cm³/mol. The van der Waals surface area contributed by atoms with E-state index in [0.717, 1.165) is 34.0 Å². The molecule has 0 unspecified atom stereocenters. The first-order chi connectivity index (χ1) is 10.7. The Kier molecular flexibility index (Phi) is 3.83. The van der Waals surface area contributed by atoms with Crippen molar-refractivity contribution >= 4 is 0 Å². The molecule has 0 spiro atoms. The van der Waals surface area contributed by atoms with E-state index in [1.54, 1.807) is 14.2 Å². The normalized spacial score (nSPS) is 10.5. The summed E-state index contributed by atoms with van der Waals surface area (Å²) in [5.74, 6) is 1.68. The minimum absolute atomic E-state index is 0.839. The summed E-state index contributed by atoms with van der Waals surface area (Å²) < 4.78 is 12.5. The standard InChI is InChI=1S/C18H18N2O2/c1-20-12-19-17(13-4-8-15(21-2)9-5-13)18(20)14-6-10-16(22-3)11-7-14/h4-12H,1-3H3. The van der Waals surface area contributed by atoms with Gasteiger partial charge in [-0.15, -0.1) is 0 Å². The van der Waals surface area contributed by atoms with Gasteiger partial charge in [0.15, 0.2) is 0 Å². The molecule has 0 aliphatic rings. The molecule has 1 aromatic heterocycles. The Morgan fingerprint density at radius 1 is 0.773 bits per heavy atom. The molecular weight excluding hydrogens is 276 g/mol. The first-order valence-electron chi connectivity index (χ1n) is 7.03. The summed E-state index contributed by atoms with van der Waals surface area (Å²) in [4.78, 5) is 4.55. The highest BCUT2D eigenvalue weighted by Crippen LogP contribution is 2.32. The van der Waals surface area contributed by atoms with Gasteiger partial charge in [0, 0.05) is 18.2 Å². The Labute approximate surface area is 130 Å². The van der Waals surface area contributed by atoms with E-state index in [1.807, 2.05) is 66.5 Å². The second-order valence-corrected chi connectivity index (χ2v) is 5.01. The maximum absolute atomic E-state index is 5.22. The van der Waals surface area contributed by atoms with Crippen LogP contribution in [0.1, 0.15) is 0 Å². The summed E-state index contributed by atoms with van der Waals surface area (Å²) in [6.45, 7) is 0. The molecule has 0 atom stereocenters. The predicted octanol–water partition coefficient (Wildman–Crippen LogP) is 3.77. The SMILES string of the molecule is COc1ccc(-c2ncn(C)c2-c2ccc(OC)cc2)cc1. The average Bonchev–Trinajstić information content (AvgIpc) is 2.96. The topological polar surface area (TPSA) is 36.3 Å². The lowest BCUT2D eigenvalue weighted by Crippen LogP contribution is -1.92. The van der Waals surface area contributed by atoms with Crippen molar-refractivity contribution in [3.8, 4) is 34.0 Å². The molecule has 0 saturated carbocycles. The van der Waals surface area contributed by atoms with Crippen molar-refractivity contribution in [3.63, 3.8) is 0 Å². The minimum atomic E-state index is 0.839. The first kappa shape index (κ1) is 14.2. The maximum atomic E-state index is 5.22. The minimum Gasteiger partial charge on any atom is -0.497 e. The number of hydrogen-bond acceptors (Lipinski definition) is 3. The lowest BCUT2D eigenvalue weighted by Gasteiger charge is -2.08. The van der Waals surface area contributed by atoms with Crippen molar-refractivity contribution in [2.24, 2.45) is 7.05 Å². The number of hydrogen-bond donors (Lipinski definition) is 0. The van der Waals surface area contributed by atoms with Gasteiger partial charge in [-0.3, -0.25) is 0 Å². The van der Waals surface area contributed by atoms with Gasteiger partial charge in [0.05, 0.1) is 31.9 Å². The molecule has 0 radical (unpaired) electrons. The lowest BCUT2D eigenvalue weighted by atomic mass is 10.0. The number of nitrogens with zero attached hydrogens (tertiary/aromatic N) is 2. The number of aryl methyl sites for hydroxylation is 1. The van der Waals surface area contributed by atoms with Crippen molar-refractivity contribution in [2.45, 2.75) is 0 Å². The first-order valence-corrected chi connectivity index (χ1v) is 7.03. The van der Waals surface area contributed by atoms with Crippen molar-refractivity contribution in [1.82, 2.24) is 9.55 Å². The summed E-state index contributed by atoms with van der Waals surface area (Å²) in [5, 5.41) is 0. The van der Waals surface area contributed by atoms with Gasteiger partial charge in [0.2, 0.25) is 0 Å². The number of ether oxygens (including phenoxy) is 2. The van der Waals surface area contributed by atoms with Gasteiger partial charge in [-0.1, -0.05) is 0 Å². The summed E-state index contributed by atoms with van der Waals surface area (Å²) in [6.07, 6.45) is 1.83. The third-order valence-electron chi connectivity index (χ3n) is 3.66. The Hall–Kier alpha value is -2.75. The second-order valence-electron chi connectivity index (χ2n) is 5.01. The Morgan fingerprint density at radius 3 is 1.77 bits per heavy atom. The van der Waals surface area contributed by atoms with Gasteiger partial charge in [-0.2, -0.15) is 0 Å². The van der Waals surface area contributed by atoms with Crippen molar-refractivity contribution in [1.29, 1.82) is 0 Å². The number of methoxy groups -OCH3 is 2. The van der Waals surface area contributed by atoms with Crippen LogP contribution < -0.4 is 9.47 Å². The number of rotatable bonds is 4. The van der Waals surface area contributed by atoms with E-state index in [1.165, 1.54) is 0 Å². The van der Waals surface area contributed by atoms with Crippen LogP contribution in [-0.4, -0.2) is 23.8 Å². The third kappa shape index (κ3) is 2.55. The van der Waals surface area contributed by atoms with Crippen LogP contribution >= 0.6 is 0 Å². The molecule has 0 fully saturated rings. The number of aromatic nitrogens is 2. The molecular formula is C18H18N2O2. The highest BCUT2D eigenvalue weighted by Gasteiger charge is 2.13. The highest BCUT2D eigenvalue weighted by molar-refractivity contribution is 5.79. The van der Waals surface area contributed by atoms with E-state index < -0.39 is 0 Å². The zero-order valence-corrected chi connectivity index (χ0v) is 12.9. The molecule has 3 aromatic rings. The monoisotopic (exact) mass is 294 g/mol. The molecule has 0 saturated heterocycles. The van der Waals surface area contributed by atoms with Gasteiger partial charge in [0.1, 0.15) is 11.5 Å². The molecule has 0 amide bonds. The fraction of sp³-hybridized carbons (Fsp3) is 0.167. The number of benzene rings is 2. The molecule has 0 aliphatic carbocycles. The van der Waals surface area contributed by atoms with Crippen LogP contribution in [0.15, 0.2) is 54.9 Å². The average molecular weight is 294 g/mol. The van der Waals surface area contributed by atoms with Crippen LogP contribution in [0.4, 0.5) is 0 Å². The van der Waals surface area contributed by atoms with Gasteiger partial charge < -0.3 is 14.0 Å². The van der Waals surface area contributed by atoms with Gasteiger partial charge in [-0.05, 0) is 48.5 Å². The zero-order valence-electron chi connectivity index (χ0n) is 12.9. The third-order valence-corrected chi connectivity index (χ3v) is 3.66. The molecule has 4 heteroatoms. The van der Waals surface area contributed by atoms with E-state index in [2.05, 4.69) is 4.98 Å². The van der Waals surface area contributed by atoms with Crippen LogP contribution in [0.5, 0.6) is 11.5 Å². The Balaban J connectivity index is 2.05. The Morgan fingerprint density at radius 2 is 1.27 bits per heavy atom. The molecule has 22 heavy (non-hydrogen) atoms. The van der Waals surface area contributed by atoms with E-state index >= 15 is 0 Å². The maximum Gasteiger partial charge on any atom is 0.118 e. The fourth-order valence-electron chi connectivity index (χ4n) is 2.48. The molecule has 3 rings (SSSR count). The quantitative estimate of drug-likeness (QED) is 0.735. The highest BCUT2D eigenvalue weighted by atomic mass is 16.5. The zero-order chi connectivity index (χ0) is 15.5. The van der Waals surface area contributed by atoms with Crippen LogP contribution in [0, 0.1) is 0 Å². The molecule has 1 heterocycles. The molecule has 4 nitrogen and oxygen atoms in total. The van der Waals surface area contributed by atoms with Crippen LogP contribution in [0.3, 0.4) is 0 Å². The van der Waals surface area contributed by atoms with E-state index in [9.17, 15) is 0 Å². The van der Waals surface area contributed by atoms with E-state index in [0.29, 0.717) is 0 Å². The molecule has 0 aliphatic heterocycles. The Bertz CT molecular complexity index is 759. The molecule has 112 valence electrons. The van der Waals surface area contributed by atoms with Crippen LogP contribution in [0.2, 0.25) is 0 Å². The fourth-order valence-corrected chi connectivity index (χ4v) is 2.48. The summed E-state index contributed by atoms with van der Waals surface area (Å²) in [5.41, 5.74) is 4.20. The van der Waals surface area contributed by atoms with Crippen molar-refractivity contribution in [3.05, 3.63) is 54.9 Å². The van der Waals surface area contributed by atoms with E-state index in [-0.39, 0.29) is 0 Å². The summed E-state index contributed by atoms with van der Waals surface area (Å²) >= 11 is 0. The van der Waals surface area contributed by atoms with Crippen molar-refractivity contribution in [2.75, 3.05) is 14.2 Å². The van der Waals surface area contributed by atoms with E-state index in [4.69, 9.17) is 9.47 Å². The lowest BCUT2D eigenvalue weighted by molar-refractivity contribution is 0.414. The largest absolute Gasteiger partial charge is 0.497 e. The number of imidazole rings is 1. The smallest absolute Gasteiger partial charge is 0.118 e. The van der Waals surface area contributed by atoms with Gasteiger partial charge >= 0.3 is 0 Å². The van der Waals surface area contributed by atoms with Gasteiger partial charge in [0.25, 0.3) is 0 Å². The van der Waals surface area contributed by atoms with Crippen LogP contribution in [-0.2, 0) is 7.05 Å². The summed E-state index contributed by atoms with van der Waals surface area (Å²) in [6, 6.07) is 15.9. The molecule has 2 aromatic carbocycles. The molecule has 0 bridgehead atoms. The second kappa shape index (κ2) is 5.93. The van der Waals surface area contributed by atoms with Crippen molar-refractivity contribution < 1.29 is 9.47 Å². The van der Waals surface area contributed by atoms with Crippen LogP contribution in [0.25, 0.3) is 22.5 Å². The summed E-state index contributed by atoms with van der Waals surface area (Å²) in [7, 11) is 5.33. The van der Waals surface area contributed by atoms with Gasteiger partial charge in [-0.25, -0.2) is 4.98 Å². The molecule has 0 N–H and O–H groups in total.